The zero-order valence-corrected chi connectivity index (χ0v) is 16.4. The van der Waals surface area contributed by atoms with E-state index in [0.717, 1.165) is 43.4 Å². The summed E-state index contributed by atoms with van der Waals surface area (Å²) in [6.45, 7) is 2.28. The molecule has 2 aliphatic carbocycles. The molecule has 0 bridgehead atoms. The van der Waals surface area contributed by atoms with Gasteiger partial charge in [0.1, 0.15) is 11.6 Å². The monoisotopic (exact) mass is 380 g/mol. The van der Waals surface area contributed by atoms with E-state index in [2.05, 4.69) is 6.92 Å². The molecule has 0 aliphatic heterocycles. The first kappa shape index (κ1) is 19.7. The molecule has 0 atom stereocenters. The molecule has 0 spiro atoms. The van der Waals surface area contributed by atoms with E-state index in [1.807, 2.05) is 0 Å². The lowest BCUT2D eigenvalue weighted by Gasteiger charge is -2.37. The highest BCUT2D eigenvalue weighted by Crippen LogP contribution is 2.42. The fourth-order valence-corrected chi connectivity index (χ4v) is 5.04. The van der Waals surface area contributed by atoms with Gasteiger partial charge in [-0.05, 0) is 68.4 Å². The molecule has 0 unspecified atom stereocenters. The van der Waals surface area contributed by atoms with Gasteiger partial charge < -0.3 is 4.74 Å². The van der Waals surface area contributed by atoms with Crippen LogP contribution in [0.2, 0.25) is 5.02 Å². The van der Waals surface area contributed by atoms with Crippen molar-refractivity contribution in [2.24, 2.45) is 23.7 Å². The summed E-state index contributed by atoms with van der Waals surface area (Å²) >= 11 is 5.67. The van der Waals surface area contributed by atoms with Crippen LogP contribution in [0.4, 0.5) is 4.39 Å². The predicted octanol–water partition coefficient (Wildman–Crippen LogP) is 6.80. The number of hydrogen-bond donors (Lipinski definition) is 0. The minimum absolute atomic E-state index is 0.0407. The SMILES string of the molecule is CCC[C@H]1CC[C@H]([C@H]2CC[C@H](C(=O)Oc3ccc(Cl)c(F)c3)CC2)CC1. The van der Waals surface area contributed by atoms with Crippen LogP contribution in [0.5, 0.6) is 5.75 Å². The summed E-state index contributed by atoms with van der Waals surface area (Å²) in [5.74, 6) is 1.98. The second-order valence-corrected chi connectivity index (χ2v) is 8.59. The van der Waals surface area contributed by atoms with Gasteiger partial charge in [-0.3, -0.25) is 4.79 Å². The van der Waals surface area contributed by atoms with Crippen LogP contribution in [0.1, 0.15) is 71.1 Å². The van der Waals surface area contributed by atoms with Crippen LogP contribution >= 0.6 is 11.6 Å². The number of ether oxygens (including phenoxy) is 1. The first-order chi connectivity index (χ1) is 12.6. The van der Waals surface area contributed by atoms with Crippen LogP contribution in [-0.2, 0) is 4.79 Å². The summed E-state index contributed by atoms with van der Waals surface area (Å²) in [6, 6.07) is 4.15. The lowest BCUT2D eigenvalue weighted by molar-refractivity contribution is -0.140. The second-order valence-electron chi connectivity index (χ2n) is 8.18. The Morgan fingerprint density at radius 1 is 1.08 bits per heavy atom. The average molecular weight is 381 g/mol. The minimum Gasteiger partial charge on any atom is -0.426 e. The van der Waals surface area contributed by atoms with Gasteiger partial charge in [0.05, 0.1) is 10.9 Å². The maximum atomic E-state index is 13.5. The summed E-state index contributed by atoms with van der Waals surface area (Å²) in [5, 5.41) is 0.0407. The number of carbonyl (C=O) groups is 1. The van der Waals surface area contributed by atoms with Crippen molar-refractivity contribution in [2.75, 3.05) is 0 Å². The Kier molecular flexibility index (Phi) is 6.97. The summed E-state index contributed by atoms with van der Waals surface area (Å²) in [7, 11) is 0. The van der Waals surface area contributed by atoms with Gasteiger partial charge in [0, 0.05) is 6.07 Å². The normalized spacial score (nSPS) is 29.3. The fourth-order valence-electron chi connectivity index (χ4n) is 4.92. The van der Waals surface area contributed by atoms with Crippen LogP contribution < -0.4 is 4.74 Å². The number of halogens is 2. The molecule has 0 amide bonds. The van der Waals surface area contributed by atoms with Crippen molar-refractivity contribution in [3.63, 3.8) is 0 Å². The molecule has 0 aromatic heterocycles. The van der Waals surface area contributed by atoms with E-state index < -0.39 is 5.82 Å². The number of carbonyl (C=O) groups excluding carboxylic acids is 1. The van der Waals surface area contributed by atoms with E-state index in [9.17, 15) is 9.18 Å². The molecule has 1 aromatic rings. The highest BCUT2D eigenvalue weighted by Gasteiger charge is 2.33. The van der Waals surface area contributed by atoms with Gasteiger partial charge in [-0.15, -0.1) is 0 Å². The zero-order valence-electron chi connectivity index (χ0n) is 15.7. The summed E-state index contributed by atoms with van der Waals surface area (Å²) in [5.41, 5.74) is 0. The molecule has 0 radical (unpaired) electrons. The third-order valence-electron chi connectivity index (χ3n) is 6.47. The van der Waals surface area contributed by atoms with E-state index in [1.165, 1.54) is 50.7 Å². The van der Waals surface area contributed by atoms with Crippen LogP contribution in [0.3, 0.4) is 0 Å². The first-order valence-corrected chi connectivity index (χ1v) is 10.6. The van der Waals surface area contributed by atoms with Crippen molar-refractivity contribution >= 4 is 17.6 Å². The highest BCUT2D eigenvalue weighted by molar-refractivity contribution is 6.30. The molecule has 3 rings (SSSR count). The second kappa shape index (κ2) is 9.21. The summed E-state index contributed by atoms with van der Waals surface area (Å²) in [4.78, 5) is 12.4. The number of hydrogen-bond acceptors (Lipinski definition) is 2. The van der Waals surface area contributed by atoms with E-state index in [-0.39, 0.29) is 22.7 Å². The quantitative estimate of drug-likeness (QED) is 0.414. The number of benzene rings is 1. The lowest BCUT2D eigenvalue weighted by atomic mass is 9.69. The summed E-state index contributed by atoms with van der Waals surface area (Å²) in [6.07, 6.45) is 12.3. The molecular formula is C22H30ClFO2. The Labute approximate surface area is 161 Å². The van der Waals surface area contributed by atoms with Crippen LogP contribution in [-0.4, -0.2) is 5.97 Å². The average Bonchev–Trinajstić information content (AvgIpc) is 2.66. The molecular weight excluding hydrogens is 351 g/mol. The standard InChI is InChI=1S/C22H30ClFO2/c1-2-3-15-4-6-16(7-5-15)17-8-10-18(11-9-17)22(25)26-19-12-13-20(23)21(24)14-19/h12-18H,2-11H2,1H3/t15-,16-,17-,18-. The van der Waals surface area contributed by atoms with E-state index in [0.29, 0.717) is 0 Å². The molecule has 26 heavy (non-hydrogen) atoms. The van der Waals surface area contributed by atoms with Crippen LogP contribution in [0.15, 0.2) is 18.2 Å². The predicted molar refractivity (Wildman–Crippen MR) is 103 cm³/mol. The third kappa shape index (κ3) is 5.00. The third-order valence-corrected chi connectivity index (χ3v) is 6.78. The Balaban J connectivity index is 1.44. The molecule has 144 valence electrons. The lowest BCUT2D eigenvalue weighted by Crippen LogP contribution is -2.30. The molecule has 1 aromatic carbocycles. The Morgan fingerprint density at radius 3 is 2.27 bits per heavy atom. The van der Waals surface area contributed by atoms with Crippen molar-refractivity contribution in [1.82, 2.24) is 0 Å². The van der Waals surface area contributed by atoms with Crippen molar-refractivity contribution in [3.05, 3.63) is 29.0 Å². The molecule has 0 heterocycles. The molecule has 2 saturated carbocycles. The molecule has 2 nitrogen and oxygen atoms in total. The van der Waals surface area contributed by atoms with Crippen molar-refractivity contribution < 1.29 is 13.9 Å². The molecule has 4 heteroatoms. The summed E-state index contributed by atoms with van der Waals surface area (Å²) < 4.78 is 18.9. The molecule has 2 aliphatic rings. The Morgan fingerprint density at radius 2 is 1.69 bits per heavy atom. The van der Waals surface area contributed by atoms with Gasteiger partial charge in [0.25, 0.3) is 0 Å². The van der Waals surface area contributed by atoms with Crippen molar-refractivity contribution in [2.45, 2.75) is 71.1 Å². The van der Waals surface area contributed by atoms with E-state index in [1.54, 1.807) is 6.07 Å². The molecule has 2 fully saturated rings. The number of esters is 1. The maximum absolute atomic E-state index is 13.5. The van der Waals surface area contributed by atoms with Crippen LogP contribution in [0.25, 0.3) is 0 Å². The van der Waals surface area contributed by atoms with Gasteiger partial charge in [-0.2, -0.15) is 0 Å². The Hall–Kier alpha value is -1.09. The maximum Gasteiger partial charge on any atom is 0.314 e. The molecule has 0 saturated heterocycles. The largest absolute Gasteiger partial charge is 0.426 e. The van der Waals surface area contributed by atoms with Gasteiger partial charge in [-0.1, -0.05) is 44.2 Å². The van der Waals surface area contributed by atoms with Gasteiger partial charge >= 0.3 is 5.97 Å². The smallest absolute Gasteiger partial charge is 0.314 e. The van der Waals surface area contributed by atoms with Crippen molar-refractivity contribution in [3.8, 4) is 5.75 Å². The van der Waals surface area contributed by atoms with E-state index in [4.69, 9.17) is 16.3 Å². The van der Waals surface area contributed by atoms with Gasteiger partial charge in [0.2, 0.25) is 0 Å². The topological polar surface area (TPSA) is 26.3 Å². The van der Waals surface area contributed by atoms with Crippen molar-refractivity contribution in [1.29, 1.82) is 0 Å². The minimum atomic E-state index is -0.556. The highest BCUT2D eigenvalue weighted by atomic mass is 35.5. The van der Waals surface area contributed by atoms with Crippen LogP contribution in [0, 0.1) is 29.5 Å². The number of rotatable bonds is 5. The zero-order chi connectivity index (χ0) is 18.5. The first-order valence-electron chi connectivity index (χ1n) is 10.2. The fraction of sp³-hybridized carbons (Fsp3) is 0.682. The Bertz CT molecular complexity index is 602. The van der Waals surface area contributed by atoms with Gasteiger partial charge in [0.15, 0.2) is 0 Å². The van der Waals surface area contributed by atoms with Gasteiger partial charge in [-0.25, -0.2) is 4.39 Å². The molecule has 0 N–H and O–H groups in total. The van der Waals surface area contributed by atoms with E-state index >= 15 is 0 Å².